The van der Waals surface area contributed by atoms with Crippen LogP contribution in [0.5, 0.6) is 5.75 Å². The number of nitrogens with two attached hydrogens (primary N) is 1. The number of esters is 1. The van der Waals surface area contributed by atoms with Gasteiger partial charge in [-0.2, -0.15) is 10.1 Å². The standard InChI is InChI=1S/C26H29N6O6P/c1-17(25(34)36-14-18-8-4-2-5-9-18)31-39(35,38-21-10-6-3-7-11-21)37-15-19-12-20(13-19)32-16-28-22-23(32)29-26(27)30-24(22)33/h2-11,16-17,19-20H,12-15H2,1H3,(H,31,35)(H3,27,29,30,33)/t17-,19-,20+,39?/m0/s1. The number of benzene rings is 2. The van der Waals surface area contributed by atoms with E-state index in [4.69, 9.17) is 19.5 Å². The maximum atomic E-state index is 13.7. The van der Waals surface area contributed by atoms with Crippen LogP contribution in [0.25, 0.3) is 11.2 Å². The molecule has 1 saturated carbocycles. The molecule has 204 valence electrons. The number of nitrogens with zero attached hydrogens (tertiary/aromatic N) is 3. The Bertz CT molecular complexity index is 1540. The lowest BCUT2D eigenvalue weighted by Gasteiger charge is -2.36. The van der Waals surface area contributed by atoms with Gasteiger partial charge in [-0.3, -0.25) is 19.1 Å². The van der Waals surface area contributed by atoms with E-state index in [1.807, 2.05) is 34.9 Å². The van der Waals surface area contributed by atoms with Gasteiger partial charge in [0.2, 0.25) is 5.95 Å². The van der Waals surface area contributed by atoms with Gasteiger partial charge in [0.25, 0.3) is 5.56 Å². The van der Waals surface area contributed by atoms with E-state index in [-0.39, 0.29) is 36.6 Å². The van der Waals surface area contributed by atoms with Gasteiger partial charge in [0.15, 0.2) is 11.2 Å². The number of aromatic amines is 1. The highest BCUT2D eigenvalue weighted by Gasteiger charge is 2.37. The number of carbonyl (C=O) groups is 1. The molecule has 0 amide bonds. The van der Waals surface area contributed by atoms with Crippen molar-refractivity contribution in [3.05, 3.63) is 82.9 Å². The van der Waals surface area contributed by atoms with Crippen molar-refractivity contribution in [3.8, 4) is 5.75 Å². The molecule has 4 N–H and O–H groups in total. The number of aromatic nitrogens is 4. The minimum atomic E-state index is -3.96. The zero-order chi connectivity index (χ0) is 27.4. The van der Waals surface area contributed by atoms with E-state index in [1.165, 1.54) is 0 Å². The van der Waals surface area contributed by atoms with Gasteiger partial charge in [0, 0.05) is 6.04 Å². The maximum Gasteiger partial charge on any atom is 0.459 e. The van der Waals surface area contributed by atoms with Crippen molar-refractivity contribution in [2.45, 2.75) is 38.5 Å². The van der Waals surface area contributed by atoms with Gasteiger partial charge in [-0.15, -0.1) is 0 Å². The van der Waals surface area contributed by atoms with Gasteiger partial charge in [-0.05, 0) is 43.4 Å². The Hall–Kier alpha value is -3.99. The summed E-state index contributed by atoms with van der Waals surface area (Å²) in [5, 5.41) is 2.72. The summed E-state index contributed by atoms with van der Waals surface area (Å²) in [5.74, 6) is -0.170. The second-order valence-corrected chi connectivity index (χ2v) is 11.1. The van der Waals surface area contributed by atoms with Crippen LogP contribution >= 0.6 is 7.75 Å². The minimum absolute atomic E-state index is 0.0231. The van der Waals surface area contributed by atoms with Gasteiger partial charge >= 0.3 is 13.7 Å². The number of fused-ring (bicyclic) bond motifs is 1. The molecule has 5 rings (SSSR count). The van der Waals surface area contributed by atoms with E-state index >= 15 is 0 Å². The number of nitrogens with one attached hydrogen (secondary N) is 2. The summed E-state index contributed by atoms with van der Waals surface area (Å²) in [6, 6.07) is 17.0. The molecule has 13 heteroatoms. The normalized spacial score (nSPS) is 19.1. The summed E-state index contributed by atoms with van der Waals surface area (Å²) in [6.45, 7) is 1.76. The summed E-state index contributed by atoms with van der Waals surface area (Å²) in [7, 11) is -3.96. The van der Waals surface area contributed by atoms with Crippen LogP contribution in [0, 0.1) is 5.92 Å². The molecule has 2 heterocycles. The van der Waals surface area contributed by atoms with Crippen LogP contribution in [0.15, 0.2) is 71.8 Å². The van der Waals surface area contributed by atoms with E-state index in [0.29, 0.717) is 24.2 Å². The predicted molar refractivity (Wildman–Crippen MR) is 144 cm³/mol. The number of para-hydroxylation sites is 1. The first-order valence-corrected chi connectivity index (χ1v) is 14.0. The third-order valence-corrected chi connectivity index (χ3v) is 8.08. The number of nitrogen functional groups attached to an aromatic ring is 1. The van der Waals surface area contributed by atoms with E-state index < -0.39 is 25.3 Å². The zero-order valence-corrected chi connectivity index (χ0v) is 22.1. The van der Waals surface area contributed by atoms with Gasteiger partial charge in [-0.25, -0.2) is 9.55 Å². The average Bonchev–Trinajstić information content (AvgIpc) is 3.31. The fourth-order valence-electron chi connectivity index (χ4n) is 4.33. The van der Waals surface area contributed by atoms with Crippen molar-refractivity contribution < 1.29 is 23.1 Å². The smallest absolute Gasteiger partial charge is 0.459 e. The quantitative estimate of drug-likeness (QED) is 0.185. The Morgan fingerprint density at radius 3 is 2.59 bits per heavy atom. The highest BCUT2D eigenvalue weighted by molar-refractivity contribution is 7.52. The first kappa shape index (κ1) is 26.6. The lowest BCUT2D eigenvalue weighted by atomic mass is 9.81. The average molecular weight is 553 g/mol. The number of anilines is 1. The third-order valence-electron chi connectivity index (χ3n) is 6.43. The molecular weight excluding hydrogens is 523 g/mol. The second kappa shape index (κ2) is 11.4. The van der Waals surface area contributed by atoms with E-state index in [2.05, 4.69) is 20.0 Å². The Kier molecular flexibility index (Phi) is 7.78. The summed E-state index contributed by atoms with van der Waals surface area (Å²) < 4.78 is 32.5. The molecule has 1 unspecified atom stereocenters. The number of carbonyl (C=O) groups excluding carboxylic acids is 1. The molecule has 1 aliphatic carbocycles. The molecule has 4 aromatic rings. The van der Waals surface area contributed by atoms with Crippen molar-refractivity contribution in [2.75, 3.05) is 12.3 Å². The topological polar surface area (TPSA) is 163 Å². The van der Waals surface area contributed by atoms with Crippen molar-refractivity contribution >= 4 is 30.8 Å². The van der Waals surface area contributed by atoms with Crippen LogP contribution < -0.4 is 20.9 Å². The highest BCUT2D eigenvalue weighted by atomic mass is 31.2. The summed E-state index contributed by atoms with van der Waals surface area (Å²) in [5.41, 5.74) is 6.79. The molecule has 2 aromatic heterocycles. The monoisotopic (exact) mass is 552 g/mol. The Labute approximate surface area is 224 Å². The van der Waals surface area contributed by atoms with E-state index in [0.717, 1.165) is 5.56 Å². The fraction of sp³-hybridized carbons (Fsp3) is 0.308. The number of ether oxygens (including phenoxy) is 1. The van der Waals surface area contributed by atoms with Crippen LogP contribution in [0.3, 0.4) is 0 Å². The molecule has 1 fully saturated rings. The molecule has 0 bridgehead atoms. The maximum absolute atomic E-state index is 13.7. The summed E-state index contributed by atoms with van der Waals surface area (Å²) >= 11 is 0. The van der Waals surface area contributed by atoms with Gasteiger partial charge in [-0.1, -0.05) is 48.5 Å². The zero-order valence-electron chi connectivity index (χ0n) is 21.2. The molecule has 0 radical (unpaired) electrons. The van der Waals surface area contributed by atoms with Crippen LogP contribution in [0.1, 0.15) is 31.4 Å². The number of hydrogen-bond acceptors (Lipinski definition) is 9. The lowest BCUT2D eigenvalue weighted by molar-refractivity contribution is -0.146. The number of rotatable bonds is 11. The van der Waals surface area contributed by atoms with E-state index in [1.54, 1.807) is 43.6 Å². The number of hydrogen-bond donors (Lipinski definition) is 3. The number of H-pyrrole nitrogens is 1. The highest BCUT2D eigenvalue weighted by Crippen LogP contribution is 2.48. The minimum Gasteiger partial charge on any atom is -0.460 e. The van der Waals surface area contributed by atoms with Crippen LogP contribution in [-0.4, -0.2) is 38.1 Å². The molecular formula is C26H29N6O6P. The van der Waals surface area contributed by atoms with Crippen molar-refractivity contribution in [3.63, 3.8) is 0 Å². The third kappa shape index (κ3) is 6.36. The Morgan fingerprint density at radius 2 is 1.87 bits per heavy atom. The molecule has 2 aromatic carbocycles. The molecule has 1 aliphatic rings. The summed E-state index contributed by atoms with van der Waals surface area (Å²) in [6.07, 6.45) is 2.93. The molecule has 0 spiro atoms. The van der Waals surface area contributed by atoms with E-state index in [9.17, 15) is 14.2 Å². The first-order valence-electron chi connectivity index (χ1n) is 12.5. The van der Waals surface area contributed by atoms with Gasteiger partial charge in [0.1, 0.15) is 18.4 Å². The van der Waals surface area contributed by atoms with Crippen LogP contribution in [-0.2, 0) is 25.2 Å². The van der Waals surface area contributed by atoms with Gasteiger partial charge < -0.3 is 19.6 Å². The number of imidazole rings is 1. The van der Waals surface area contributed by atoms with Gasteiger partial charge in [0.05, 0.1) is 12.9 Å². The predicted octanol–water partition coefficient (Wildman–Crippen LogP) is 3.58. The van der Waals surface area contributed by atoms with Crippen molar-refractivity contribution in [2.24, 2.45) is 5.92 Å². The molecule has 2 atom stereocenters. The summed E-state index contributed by atoms with van der Waals surface area (Å²) in [4.78, 5) is 35.5. The SMILES string of the molecule is C[C@H](NP(=O)(OC[C@H]1C[C@@H](n2cnc3c(=O)[nH]c(N)nc32)C1)Oc1ccccc1)C(=O)OCc1ccccc1. The largest absolute Gasteiger partial charge is 0.460 e. The Morgan fingerprint density at radius 1 is 1.18 bits per heavy atom. The Balaban J connectivity index is 1.21. The van der Waals surface area contributed by atoms with Crippen molar-refractivity contribution in [1.82, 2.24) is 24.6 Å². The molecule has 12 nitrogen and oxygen atoms in total. The fourth-order valence-corrected chi connectivity index (χ4v) is 5.90. The van der Waals surface area contributed by atoms with Crippen LogP contribution in [0.4, 0.5) is 5.95 Å². The van der Waals surface area contributed by atoms with Crippen LogP contribution in [0.2, 0.25) is 0 Å². The van der Waals surface area contributed by atoms with Crippen molar-refractivity contribution in [1.29, 1.82) is 0 Å². The first-order chi connectivity index (χ1) is 18.8. The molecule has 39 heavy (non-hydrogen) atoms. The molecule has 0 aliphatic heterocycles. The lowest BCUT2D eigenvalue weighted by Crippen LogP contribution is -2.36. The molecule has 0 saturated heterocycles. The second-order valence-electron chi connectivity index (χ2n) is 9.41.